The van der Waals surface area contributed by atoms with Crippen molar-refractivity contribution >= 4 is 32.7 Å². The smallest absolute Gasteiger partial charge is 0.220 e. The third-order valence-electron chi connectivity index (χ3n) is 4.50. The Morgan fingerprint density at radius 2 is 2.17 bits per heavy atom. The molecule has 3 rings (SSSR count). The first kappa shape index (κ1) is 12.1. The number of halogens is 1. The molecule has 1 unspecified atom stereocenters. The number of nitrogens with one attached hydrogen (secondary N) is 1. The van der Waals surface area contributed by atoms with Gasteiger partial charge in [0.1, 0.15) is 0 Å². The van der Waals surface area contributed by atoms with Crippen LogP contribution in [0, 0.1) is 0 Å². The number of carbonyl (C=O) groups is 1. The number of hydrogen-bond donors (Lipinski definition) is 1. The number of aromatic nitrogens is 1. The van der Waals surface area contributed by atoms with E-state index in [1.165, 1.54) is 0 Å². The average Bonchev–Trinajstić information content (AvgIpc) is 3.04. The van der Waals surface area contributed by atoms with Gasteiger partial charge in [0.15, 0.2) is 0 Å². The van der Waals surface area contributed by atoms with E-state index in [0.29, 0.717) is 43.3 Å². The van der Waals surface area contributed by atoms with E-state index < -0.39 is 6.40 Å². The molecule has 0 aliphatic carbocycles. The number of carbonyl (C=O) groups excluding carboxylic acids is 1. The van der Waals surface area contributed by atoms with E-state index in [1.54, 1.807) is 0 Å². The van der Waals surface area contributed by atoms with Crippen LogP contribution in [0.15, 0.2) is 24.2 Å². The van der Waals surface area contributed by atoms with Crippen LogP contribution in [0.5, 0.6) is 0 Å². The van der Waals surface area contributed by atoms with E-state index in [9.17, 15) is 4.79 Å². The number of alkyl halides is 1. The number of amides is 1. The summed E-state index contributed by atoms with van der Waals surface area (Å²) in [5.41, 5.74) is 2.06. The molecule has 0 radical (unpaired) electrons. The Hall–Kier alpha value is -1.29. The Morgan fingerprint density at radius 3 is 3.04 bits per heavy atom. The van der Waals surface area contributed by atoms with Crippen LogP contribution in [0.2, 0.25) is 0 Å². The molecular formula is C20H27BrN2O. The lowest BCUT2D eigenvalue weighted by Crippen LogP contribution is -2.25. The van der Waals surface area contributed by atoms with Gasteiger partial charge in [0, 0.05) is 42.8 Å². The standard InChI is InChI=1S/C20H27BrN2O/c21-13-6-1-2-11-20(24)22-14-12-17-16-8-3-4-9-18(16)23-15-7-5-10-19(17)23/h3-4,8-9H,1-2,5-7,10-15H2,(H,22,24)/i3D,4D,8D,9D,10D. The zero-order chi connectivity index (χ0) is 21.1. The maximum atomic E-state index is 12.1. The molecular weight excluding hydrogens is 364 g/mol. The highest BCUT2D eigenvalue weighted by Crippen LogP contribution is 2.30. The van der Waals surface area contributed by atoms with Gasteiger partial charge in [-0.3, -0.25) is 4.79 Å². The van der Waals surface area contributed by atoms with Gasteiger partial charge >= 0.3 is 0 Å². The second-order valence-corrected chi connectivity index (χ2v) is 6.98. The van der Waals surface area contributed by atoms with Crippen molar-refractivity contribution in [3.63, 3.8) is 0 Å². The fourth-order valence-corrected chi connectivity index (χ4v) is 3.71. The number of rotatable bonds is 8. The maximum absolute atomic E-state index is 12.1. The zero-order valence-corrected chi connectivity index (χ0v) is 15.5. The van der Waals surface area contributed by atoms with Gasteiger partial charge in [-0.25, -0.2) is 0 Å². The molecule has 130 valence electrons. The lowest BCUT2D eigenvalue weighted by molar-refractivity contribution is -0.121. The first-order chi connectivity index (χ1) is 13.9. The number of unbranched alkanes of at least 4 members (excludes halogenated alkanes) is 2. The van der Waals surface area contributed by atoms with E-state index in [1.807, 2.05) is 4.57 Å². The SMILES string of the molecule is [2H]c1c([2H])c([2H])c2c(c1[2H])c(CCNC(=O)CCCCCBr)c1n2CCCC1[2H]. The molecule has 0 saturated heterocycles. The predicted molar refractivity (Wildman–Crippen MR) is 104 cm³/mol. The molecule has 1 aromatic carbocycles. The minimum atomic E-state index is -0.451. The molecule has 1 aliphatic heterocycles. The molecule has 24 heavy (non-hydrogen) atoms. The van der Waals surface area contributed by atoms with Gasteiger partial charge in [0.2, 0.25) is 5.91 Å². The van der Waals surface area contributed by atoms with Crippen LogP contribution < -0.4 is 5.32 Å². The summed E-state index contributed by atoms with van der Waals surface area (Å²) in [6, 6.07) is -0.577. The van der Waals surface area contributed by atoms with E-state index in [0.717, 1.165) is 42.3 Å². The number of para-hydroxylation sites is 1. The second-order valence-electron chi connectivity index (χ2n) is 6.18. The minimum Gasteiger partial charge on any atom is -0.356 e. The summed E-state index contributed by atoms with van der Waals surface area (Å²) < 4.78 is 43.2. The number of aryl methyl sites for hydroxylation is 1. The minimum absolute atomic E-state index is 0.00119. The zero-order valence-electron chi connectivity index (χ0n) is 18.9. The van der Waals surface area contributed by atoms with Crippen LogP contribution in [0.25, 0.3) is 10.9 Å². The highest BCUT2D eigenvalue weighted by atomic mass is 79.9. The summed E-state index contributed by atoms with van der Waals surface area (Å²) >= 11 is 3.38. The molecule has 1 N–H and O–H groups in total. The lowest BCUT2D eigenvalue weighted by Gasteiger charge is -2.17. The Labute approximate surface area is 160 Å². The Kier molecular flexibility index (Phi) is 4.40. The van der Waals surface area contributed by atoms with Crippen LogP contribution in [0.1, 0.15) is 56.6 Å². The van der Waals surface area contributed by atoms with Crippen molar-refractivity contribution in [2.75, 3.05) is 11.9 Å². The van der Waals surface area contributed by atoms with Crippen molar-refractivity contribution in [1.29, 1.82) is 0 Å². The van der Waals surface area contributed by atoms with Gasteiger partial charge < -0.3 is 9.88 Å². The summed E-state index contributed by atoms with van der Waals surface area (Å²) in [4.78, 5) is 12.1. The van der Waals surface area contributed by atoms with E-state index in [-0.39, 0.29) is 30.1 Å². The number of hydrogen-bond acceptors (Lipinski definition) is 1. The van der Waals surface area contributed by atoms with E-state index in [2.05, 4.69) is 21.2 Å². The van der Waals surface area contributed by atoms with Crippen molar-refractivity contribution in [3.05, 3.63) is 35.4 Å². The molecule has 0 spiro atoms. The van der Waals surface area contributed by atoms with Gasteiger partial charge in [-0.15, -0.1) is 0 Å². The molecule has 0 fully saturated rings. The van der Waals surface area contributed by atoms with Gasteiger partial charge in [-0.05, 0) is 50.1 Å². The maximum Gasteiger partial charge on any atom is 0.220 e. The van der Waals surface area contributed by atoms with Crippen molar-refractivity contribution in [2.45, 2.75) is 57.9 Å². The Morgan fingerprint density at radius 1 is 1.29 bits per heavy atom. The van der Waals surface area contributed by atoms with Gasteiger partial charge in [0.25, 0.3) is 0 Å². The first-order valence-corrected chi connectivity index (χ1v) is 9.86. The third-order valence-corrected chi connectivity index (χ3v) is 5.06. The third kappa shape index (κ3) is 4.02. The normalized spacial score (nSPS) is 19.9. The van der Waals surface area contributed by atoms with Gasteiger partial charge in [-0.1, -0.05) is 40.5 Å². The summed E-state index contributed by atoms with van der Waals surface area (Å²) in [6.45, 7) is 1.06. The Balaban J connectivity index is 1.87. The fraction of sp³-hybridized carbons (Fsp3) is 0.550. The molecule has 0 saturated carbocycles. The second kappa shape index (κ2) is 8.70. The van der Waals surface area contributed by atoms with Crippen LogP contribution in [0.4, 0.5) is 0 Å². The molecule has 0 bridgehead atoms. The van der Waals surface area contributed by atoms with Gasteiger partial charge in [-0.2, -0.15) is 0 Å². The quantitative estimate of drug-likeness (QED) is 0.514. The average molecular weight is 396 g/mol. The molecule has 1 amide bonds. The molecule has 1 aromatic heterocycles. The highest BCUT2D eigenvalue weighted by Gasteiger charge is 2.19. The molecule has 3 nitrogen and oxygen atoms in total. The summed E-state index contributed by atoms with van der Waals surface area (Å²) in [5.74, 6) is 0.00119. The summed E-state index contributed by atoms with van der Waals surface area (Å²) in [5, 5.41) is 4.39. The lowest BCUT2D eigenvalue weighted by atomic mass is 10.0. The van der Waals surface area contributed by atoms with Crippen LogP contribution in [-0.4, -0.2) is 22.3 Å². The number of fused-ring (bicyclic) bond motifs is 3. The summed E-state index contributed by atoms with van der Waals surface area (Å²) in [6.07, 6.45) is 4.94. The molecule has 2 aromatic rings. The molecule has 1 atom stereocenters. The molecule has 4 heteroatoms. The molecule has 2 heterocycles. The monoisotopic (exact) mass is 395 g/mol. The van der Waals surface area contributed by atoms with E-state index in [4.69, 9.17) is 6.85 Å². The number of benzene rings is 1. The molecule has 1 aliphatic rings. The van der Waals surface area contributed by atoms with Crippen LogP contribution >= 0.6 is 15.9 Å². The first-order valence-electron chi connectivity index (χ1n) is 11.3. The number of nitrogens with zero attached hydrogens (tertiary/aromatic N) is 1. The van der Waals surface area contributed by atoms with Crippen molar-refractivity contribution in [2.24, 2.45) is 0 Å². The van der Waals surface area contributed by atoms with Crippen molar-refractivity contribution in [1.82, 2.24) is 9.88 Å². The fourth-order valence-electron chi connectivity index (χ4n) is 3.32. The van der Waals surface area contributed by atoms with Crippen molar-refractivity contribution < 1.29 is 11.6 Å². The van der Waals surface area contributed by atoms with Crippen LogP contribution in [-0.2, 0) is 24.2 Å². The Bertz CT molecular complexity index is 915. The predicted octanol–water partition coefficient (Wildman–Crippen LogP) is 4.59. The van der Waals surface area contributed by atoms with Crippen LogP contribution in [0.3, 0.4) is 0 Å². The topological polar surface area (TPSA) is 34.0 Å². The largest absolute Gasteiger partial charge is 0.356 e. The van der Waals surface area contributed by atoms with E-state index >= 15 is 0 Å². The highest BCUT2D eigenvalue weighted by molar-refractivity contribution is 9.09. The summed E-state index contributed by atoms with van der Waals surface area (Å²) in [7, 11) is 0. The van der Waals surface area contributed by atoms with Crippen molar-refractivity contribution in [3.8, 4) is 0 Å². The van der Waals surface area contributed by atoms with Gasteiger partial charge in [0.05, 0.1) is 5.48 Å².